The fourth-order valence-electron chi connectivity index (χ4n) is 0.803. The average molecular weight is 177 g/mol. The molecular formula is C9H11N3O. The molecule has 0 saturated carbocycles. The van der Waals surface area contributed by atoms with Gasteiger partial charge in [-0.3, -0.25) is 0 Å². The second-order valence-corrected chi connectivity index (χ2v) is 2.42. The molecule has 1 N–H and O–H groups in total. The number of terminal acetylenes is 1. The van der Waals surface area contributed by atoms with E-state index >= 15 is 0 Å². The van der Waals surface area contributed by atoms with Crippen LogP contribution in [0.1, 0.15) is 5.56 Å². The third-order valence-corrected chi connectivity index (χ3v) is 1.44. The second kappa shape index (κ2) is 4.31. The Morgan fingerprint density at radius 1 is 1.69 bits per heavy atom. The van der Waals surface area contributed by atoms with Crippen LogP contribution in [0.5, 0.6) is 5.88 Å². The van der Waals surface area contributed by atoms with Crippen LogP contribution in [0.4, 0.5) is 5.95 Å². The van der Waals surface area contributed by atoms with E-state index in [1.54, 1.807) is 13.2 Å². The number of ether oxygens (including phenoxy) is 1. The van der Waals surface area contributed by atoms with Gasteiger partial charge in [0, 0.05) is 18.8 Å². The van der Waals surface area contributed by atoms with E-state index in [2.05, 4.69) is 21.2 Å². The maximum atomic E-state index is 5.20. The molecule has 0 bridgehead atoms. The molecule has 1 aromatic rings. The molecule has 0 aliphatic rings. The van der Waals surface area contributed by atoms with E-state index in [1.165, 1.54) is 0 Å². The summed E-state index contributed by atoms with van der Waals surface area (Å²) >= 11 is 0. The lowest BCUT2D eigenvalue weighted by atomic mass is 10.4. The molecule has 0 aromatic carbocycles. The van der Waals surface area contributed by atoms with Crippen molar-refractivity contribution < 1.29 is 4.74 Å². The molecule has 1 rings (SSSR count). The van der Waals surface area contributed by atoms with E-state index in [0.717, 1.165) is 5.56 Å². The SMILES string of the molecule is C#CCOc1nc(NC)ncc1C. The number of nitrogens with zero attached hydrogens (tertiary/aromatic N) is 2. The van der Waals surface area contributed by atoms with Gasteiger partial charge in [-0.15, -0.1) is 6.42 Å². The van der Waals surface area contributed by atoms with Gasteiger partial charge in [0.05, 0.1) is 0 Å². The summed E-state index contributed by atoms with van der Waals surface area (Å²) in [5.74, 6) is 3.43. The molecule has 1 aromatic heterocycles. The minimum Gasteiger partial charge on any atom is -0.464 e. The van der Waals surface area contributed by atoms with E-state index < -0.39 is 0 Å². The van der Waals surface area contributed by atoms with Crippen LogP contribution in [-0.2, 0) is 0 Å². The Morgan fingerprint density at radius 3 is 3.08 bits per heavy atom. The van der Waals surface area contributed by atoms with Gasteiger partial charge in [-0.2, -0.15) is 4.98 Å². The van der Waals surface area contributed by atoms with E-state index in [1.807, 2.05) is 6.92 Å². The molecule has 0 spiro atoms. The second-order valence-electron chi connectivity index (χ2n) is 2.42. The van der Waals surface area contributed by atoms with Crippen molar-refractivity contribution in [2.24, 2.45) is 0 Å². The number of rotatable bonds is 3. The van der Waals surface area contributed by atoms with Gasteiger partial charge < -0.3 is 10.1 Å². The number of anilines is 1. The molecule has 0 amide bonds. The first kappa shape index (κ1) is 9.33. The van der Waals surface area contributed by atoms with Crippen molar-refractivity contribution in [2.75, 3.05) is 19.0 Å². The molecule has 13 heavy (non-hydrogen) atoms. The Morgan fingerprint density at radius 2 is 2.46 bits per heavy atom. The van der Waals surface area contributed by atoms with Gasteiger partial charge in [0.2, 0.25) is 11.8 Å². The fourth-order valence-corrected chi connectivity index (χ4v) is 0.803. The summed E-state index contributed by atoms with van der Waals surface area (Å²) in [6, 6.07) is 0. The average Bonchev–Trinajstić information content (AvgIpc) is 2.17. The highest BCUT2D eigenvalue weighted by molar-refractivity contribution is 5.31. The van der Waals surface area contributed by atoms with Crippen LogP contribution in [0.25, 0.3) is 0 Å². The van der Waals surface area contributed by atoms with E-state index in [9.17, 15) is 0 Å². The van der Waals surface area contributed by atoms with Gasteiger partial charge in [-0.1, -0.05) is 5.92 Å². The number of aryl methyl sites for hydroxylation is 1. The minimum atomic E-state index is 0.223. The summed E-state index contributed by atoms with van der Waals surface area (Å²) in [4.78, 5) is 8.10. The first-order valence-electron chi connectivity index (χ1n) is 3.85. The highest BCUT2D eigenvalue weighted by Gasteiger charge is 2.02. The Kier molecular flexibility index (Phi) is 3.09. The highest BCUT2D eigenvalue weighted by atomic mass is 16.5. The van der Waals surface area contributed by atoms with Crippen molar-refractivity contribution in [3.63, 3.8) is 0 Å². The molecule has 0 aliphatic carbocycles. The number of hydrogen-bond donors (Lipinski definition) is 1. The zero-order valence-electron chi connectivity index (χ0n) is 7.66. The lowest BCUT2D eigenvalue weighted by Crippen LogP contribution is -2.02. The molecule has 4 heteroatoms. The predicted octanol–water partition coefficient (Wildman–Crippen LogP) is 0.839. The van der Waals surface area contributed by atoms with E-state index in [0.29, 0.717) is 11.8 Å². The smallest absolute Gasteiger partial charge is 0.225 e. The van der Waals surface area contributed by atoms with Gasteiger partial charge in [-0.05, 0) is 6.92 Å². The van der Waals surface area contributed by atoms with Gasteiger partial charge >= 0.3 is 0 Å². The van der Waals surface area contributed by atoms with Crippen molar-refractivity contribution in [3.05, 3.63) is 11.8 Å². The summed E-state index contributed by atoms with van der Waals surface area (Å²) in [5.41, 5.74) is 0.870. The van der Waals surface area contributed by atoms with Gasteiger partial charge in [0.15, 0.2) is 6.61 Å². The predicted molar refractivity (Wildman–Crippen MR) is 50.6 cm³/mol. The molecule has 0 radical (unpaired) electrons. The summed E-state index contributed by atoms with van der Waals surface area (Å²) in [6.07, 6.45) is 6.75. The minimum absolute atomic E-state index is 0.223. The lowest BCUT2D eigenvalue weighted by Gasteiger charge is -2.05. The summed E-state index contributed by atoms with van der Waals surface area (Å²) in [7, 11) is 1.75. The highest BCUT2D eigenvalue weighted by Crippen LogP contribution is 2.14. The van der Waals surface area contributed by atoms with Crippen LogP contribution in [0.2, 0.25) is 0 Å². The zero-order chi connectivity index (χ0) is 9.68. The van der Waals surface area contributed by atoms with Gasteiger partial charge in [0.1, 0.15) is 0 Å². The van der Waals surface area contributed by atoms with E-state index in [-0.39, 0.29) is 6.61 Å². The van der Waals surface area contributed by atoms with E-state index in [4.69, 9.17) is 11.2 Å². The van der Waals surface area contributed by atoms with Crippen molar-refractivity contribution in [2.45, 2.75) is 6.92 Å². The molecule has 4 nitrogen and oxygen atoms in total. The summed E-state index contributed by atoms with van der Waals surface area (Å²) in [6.45, 7) is 2.09. The Labute approximate surface area is 77.4 Å². The molecule has 68 valence electrons. The van der Waals surface area contributed by atoms with Gasteiger partial charge in [-0.25, -0.2) is 4.98 Å². The third kappa shape index (κ3) is 2.34. The van der Waals surface area contributed by atoms with Crippen LogP contribution >= 0.6 is 0 Å². The lowest BCUT2D eigenvalue weighted by molar-refractivity contribution is 0.352. The molecule has 0 aliphatic heterocycles. The Hall–Kier alpha value is -1.76. The van der Waals surface area contributed by atoms with Crippen LogP contribution in [0, 0.1) is 19.3 Å². The maximum absolute atomic E-state index is 5.20. The maximum Gasteiger partial charge on any atom is 0.225 e. The third-order valence-electron chi connectivity index (χ3n) is 1.44. The van der Waals surface area contributed by atoms with Gasteiger partial charge in [0.25, 0.3) is 0 Å². The summed E-state index contributed by atoms with van der Waals surface area (Å²) < 4.78 is 5.20. The number of aromatic nitrogens is 2. The largest absolute Gasteiger partial charge is 0.464 e. The van der Waals surface area contributed by atoms with Crippen molar-refractivity contribution >= 4 is 5.95 Å². The number of hydrogen-bond acceptors (Lipinski definition) is 4. The normalized spacial score (nSPS) is 9.00. The molecule has 0 atom stereocenters. The fraction of sp³-hybridized carbons (Fsp3) is 0.333. The molecule has 0 saturated heterocycles. The van der Waals surface area contributed by atoms with Crippen LogP contribution < -0.4 is 10.1 Å². The van der Waals surface area contributed by atoms with Crippen molar-refractivity contribution in [1.82, 2.24) is 9.97 Å². The first-order valence-corrected chi connectivity index (χ1v) is 3.85. The standard InChI is InChI=1S/C9H11N3O/c1-4-5-13-8-7(2)6-11-9(10-3)12-8/h1,6H,5H2,2-3H3,(H,10,11,12). The summed E-state index contributed by atoms with van der Waals surface area (Å²) in [5, 5.41) is 2.82. The molecule has 0 unspecified atom stereocenters. The van der Waals surface area contributed by atoms with Crippen LogP contribution in [0.3, 0.4) is 0 Å². The first-order chi connectivity index (χ1) is 6.27. The molecule has 0 fully saturated rings. The quantitative estimate of drug-likeness (QED) is 0.695. The Balaban J connectivity index is 2.85. The zero-order valence-corrected chi connectivity index (χ0v) is 7.66. The van der Waals surface area contributed by atoms with Crippen LogP contribution in [-0.4, -0.2) is 23.6 Å². The van der Waals surface area contributed by atoms with Crippen molar-refractivity contribution in [1.29, 1.82) is 0 Å². The Bertz CT molecular complexity index is 330. The van der Waals surface area contributed by atoms with Crippen molar-refractivity contribution in [3.8, 4) is 18.2 Å². The molecule has 1 heterocycles. The van der Waals surface area contributed by atoms with Crippen LogP contribution in [0.15, 0.2) is 6.20 Å². The molecular weight excluding hydrogens is 166 g/mol. The monoisotopic (exact) mass is 177 g/mol. The topological polar surface area (TPSA) is 47.0 Å². The number of nitrogens with one attached hydrogen (secondary N) is 1.